The van der Waals surface area contributed by atoms with Gasteiger partial charge in [-0.25, -0.2) is 0 Å². The molecule has 10 nitrogen and oxygen atoms in total. The van der Waals surface area contributed by atoms with E-state index < -0.39 is 29.6 Å². The maximum atomic E-state index is 13.2. The smallest absolute Gasteiger partial charge is 0.319 e. The number of ether oxygens (including phenoxy) is 4. The third-order valence-corrected chi connectivity index (χ3v) is 7.03. The fraction of sp³-hybridized carbons (Fsp3) is 0.333. The van der Waals surface area contributed by atoms with Crippen molar-refractivity contribution in [3.05, 3.63) is 57.6 Å². The van der Waals surface area contributed by atoms with Crippen molar-refractivity contribution in [2.75, 3.05) is 38.5 Å². The first-order valence-electron chi connectivity index (χ1n) is 12.0. The molecule has 206 valence electrons. The van der Waals surface area contributed by atoms with Gasteiger partial charge in [-0.2, -0.15) is 5.26 Å². The molecule has 2 atom stereocenters. The van der Waals surface area contributed by atoms with E-state index in [2.05, 4.69) is 16.7 Å². The summed E-state index contributed by atoms with van der Waals surface area (Å²) < 4.78 is 21.4. The Kier molecular flexibility index (Phi) is 10.5. The van der Waals surface area contributed by atoms with Gasteiger partial charge in [0.15, 0.2) is 0 Å². The summed E-state index contributed by atoms with van der Waals surface area (Å²) in [6.45, 7) is 3.84. The molecule has 0 aliphatic carbocycles. The molecule has 0 saturated carbocycles. The molecular formula is C27H28ClN3O7S. The molecular weight excluding hydrogens is 546 g/mol. The Morgan fingerprint density at radius 2 is 1.82 bits per heavy atom. The summed E-state index contributed by atoms with van der Waals surface area (Å²) in [7, 11) is 2.88. The number of benzene rings is 2. The quantitative estimate of drug-likeness (QED) is 0.298. The van der Waals surface area contributed by atoms with E-state index in [1.165, 1.54) is 26.4 Å². The number of nitriles is 1. The summed E-state index contributed by atoms with van der Waals surface area (Å²) in [5, 5.41) is 16.0. The fourth-order valence-electron chi connectivity index (χ4n) is 4.07. The van der Waals surface area contributed by atoms with Crippen LogP contribution in [0.4, 0.5) is 5.69 Å². The molecule has 0 spiro atoms. The Morgan fingerprint density at radius 1 is 1.10 bits per heavy atom. The van der Waals surface area contributed by atoms with Gasteiger partial charge in [-0.3, -0.25) is 14.4 Å². The molecule has 2 amide bonds. The number of anilines is 1. The second kappa shape index (κ2) is 13.8. The van der Waals surface area contributed by atoms with Crippen LogP contribution in [0.2, 0.25) is 5.02 Å². The second-order valence-corrected chi connectivity index (χ2v) is 9.44. The van der Waals surface area contributed by atoms with Crippen molar-refractivity contribution >= 4 is 46.8 Å². The van der Waals surface area contributed by atoms with Crippen LogP contribution in [-0.2, 0) is 19.1 Å². The van der Waals surface area contributed by atoms with E-state index in [0.29, 0.717) is 40.1 Å². The zero-order valence-electron chi connectivity index (χ0n) is 21.8. The zero-order chi connectivity index (χ0) is 28.5. The molecule has 2 aromatic rings. The lowest BCUT2D eigenvalue weighted by Crippen LogP contribution is -2.44. The molecule has 1 heterocycles. The van der Waals surface area contributed by atoms with Gasteiger partial charge in [-0.05, 0) is 19.9 Å². The minimum absolute atomic E-state index is 0.0643. The van der Waals surface area contributed by atoms with Gasteiger partial charge in [-0.15, -0.1) is 0 Å². The highest BCUT2D eigenvalue weighted by Crippen LogP contribution is 2.43. The lowest BCUT2D eigenvalue weighted by molar-refractivity contribution is -0.152. The summed E-state index contributed by atoms with van der Waals surface area (Å²) in [4.78, 5) is 38.9. The Labute approximate surface area is 235 Å². The van der Waals surface area contributed by atoms with Crippen LogP contribution in [0.1, 0.15) is 25.3 Å². The minimum Gasteiger partial charge on any atom is -0.495 e. The van der Waals surface area contributed by atoms with Crippen molar-refractivity contribution in [3.8, 4) is 23.3 Å². The number of hydrogen-bond acceptors (Lipinski definition) is 9. The standard InChI is InChI=1S/C27H28ClN3O7S/c1-5-37-19-10-8-7-9-15(19)23-16(13-29)26(31-25(33)24(23)27(34)38-6-2)39-14-22(32)30-18-12-20(35-3)17(28)11-21(18)36-4/h7-12,23-24H,5-6,14H2,1-4H3,(H,30,32)(H,31,33)/t23-,24-/m1/s1. The molecule has 2 aromatic carbocycles. The van der Waals surface area contributed by atoms with Gasteiger partial charge < -0.3 is 29.6 Å². The summed E-state index contributed by atoms with van der Waals surface area (Å²) in [5.74, 6) is -3.20. The van der Waals surface area contributed by atoms with Crippen molar-refractivity contribution in [2.24, 2.45) is 5.92 Å². The molecule has 0 radical (unpaired) electrons. The highest BCUT2D eigenvalue weighted by Gasteiger charge is 2.45. The Balaban J connectivity index is 1.95. The molecule has 0 aromatic heterocycles. The zero-order valence-corrected chi connectivity index (χ0v) is 23.4. The van der Waals surface area contributed by atoms with Crippen LogP contribution < -0.4 is 24.8 Å². The van der Waals surface area contributed by atoms with Crippen LogP contribution in [0.5, 0.6) is 17.2 Å². The first-order valence-corrected chi connectivity index (χ1v) is 13.3. The third-order valence-electron chi connectivity index (χ3n) is 5.72. The van der Waals surface area contributed by atoms with Crippen molar-refractivity contribution in [1.29, 1.82) is 5.26 Å². The van der Waals surface area contributed by atoms with Crippen LogP contribution in [0, 0.1) is 17.2 Å². The van der Waals surface area contributed by atoms with Crippen LogP contribution in [0.25, 0.3) is 0 Å². The van der Waals surface area contributed by atoms with Gasteiger partial charge in [0.2, 0.25) is 11.8 Å². The van der Waals surface area contributed by atoms with Crippen LogP contribution in [0.3, 0.4) is 0 Å². The van der Waals surface area contributed by atoms with Gasteiger partial charge >= 0.3 is 5.97 Å². The van der Waals surface area contributed by atoms with Crippen molar-refractivity contribution in [1.82, 2.24) is 5.32 Å². The monoisotopic (exact) mass is 573 g/mol. The molecule has 1 aliphatic heterocycles. The Hall–Kier alpha value is -3.88. The van der Waals surface area contributed by atoms with E-state index in [-0.39, 0.29) is 23.0 Å². The van der Waals surface area contributed by atoms with E-state index in [1.54, 1.807) is 38.1 Å². The highest BCUT2D eigenvalue weighted by molar-refractivity contribution is 8.03. The molecule has 0 fully saturated rings. The SMILES string of the molecule is CCOC(=O)[C@H]1C(=O)NC(SCC(=O)Nc2cc(OC)c(Cl)cc2OC)=C(C#N)[C@H]1c1ccccc1OCC. The summed E-state index contributed by atoms with van der Waals surface area (Å²) >= 11 is 7.09. The van der Waals surface area contributed by atoms with Gasteiger partial charge in [0.1, 0.15) is 23.2 Å². The van der Waals surface area contributed by atoms with Crippen LogP contribution >= 0.6 is 23.4 Å². The predicted molar refractivity (Wildman–Crippen MR) is 147 cm³/mol. The number of nitrogens with zero attached hydrogens (tertiary/aromatic N) is 1. The number of esters is 1. The fourth-order valence-corrected chi connectivity index (χ4v) is 5.15. The van der Waals surface area contributed by atoms with Crippen molar-refractivity contribution in [2.45, 2.75) is 19.8 Å². The molecule has 39 heavy (non-hydrogen) atoms. The number of rotatable bonds is 11. The number of methoxy groups -OCH3 is 2. The topological polar surface area (TPSA) is 136 Å². The summed E-state index contributed by atoms with van der Waals surface area (Å²) in [5.41, 5.74) is 0.935. The van der Waals surface area contributed by atoms with Gasteiger partial charge in [0.25, 0.3) is 0 Å². The number of thioether (sulfide) groups is 1. The number of carbonyl (C=O) groups excluding carboxylic acids is 3. The lowest BCUT2D eigenvalue weighted by Gasteiger charge is -2.32. The molecule has 3 rings (SSSR count). The number of para-hydroxylation sites is 1. The molecule has 2 N–H and O–H groups in total. The van der Waals surface area contributed by atoms with Crippen molar-refractivity contribution < 1.29 is 33.3 Å². The van der Waals surface area contributed by atoms with E-state index in [9.17, 15) is 19.6 Å². The average Bonchev–Trinajstić information content (AvgIpc) is 2.92. The predicted octanol–water partition coefficient (Wildman–Crippen LogP) is 4.26. The molecule has 0 saturated heterocycles. The van der Waals surface area contributed by atoms with Gasteiger partial charge in [0, 0.05) is 23.6 Å². The highest BCUT2D eigenvalue weighted by atomic mass is 35.5. The van der Waals surface area contributed by atoms with Crippen molar-refractivity contribution in [3.63, 3.8) is 0 Å². The second-order valence-electron chi connectivity index (χ2n) is 8.05. The van der Waals surface area contributed by atoms with Gasteiger partial charge in [0.05, 0.1) is 60.6 Å². The molecule has 1 aliphatic rings. The van der Waals surface area contributed by atoms with Gasteiger partial charge in [-0.1, -0.05) is 41.6 Å². The molecule has 12 heteroatoms. The maximum Gasteiger partial charge on any atom is 0.319 e. The summed E-state index contributed by atoms with van der Waals surface area (Å²) in [6.07, 6.45) is 0. The largest absolute Gasteiger partial charge is 0.495 e. The molecule has 0 unspecified atom stereocenters. The minimum atomic E-state index is -1.31. The number of halogens is 1. The third kappa shape index (κ3) is 6.77. The van der Waals surface area contributed by atoms with E-state index >= 15 is 0 Å². The Morgan fingerprint density at radius 3 is 2.46 bits per heavy atom. The molecule has 0 bridgehead atoms. The number of hydrogen-bond donors (Lipinski definition) is 2. The summed E-state index contributed by atoms with van der Waals surface area (Å²) in [6, 6.07) is 12.1. The number of carbonyl (C=O) groups is 3. The first-order chi connectivity index (χ1) is 18.8. The number of amides is 2. The van der Waals surface area contributed by atoms with E-state index in [4.69, 9.17) is 30.5 Å². The normalized spacial score (nSPS) is 16.6. The lowest BCUT2D eigenvalue weighted by atomic mass is 9.78. The average molecular weight is 574 g/mol. The number of allylic oxidation sites excluding steroid dienone is 1. The van der Waals surface area contributed by atoms with E-state index in [0.717, 1.165) is 11.8 Å². The van der Waals surface area contributed by atoms with E-state index in [1.807, 2.05) is 0 Å². The van der Waals surface area contributed by atoms with Crippen LogP contribution in [-0.4, -0.2) is 51.0 Å². The first kappa shape index (κ1) is 29.7. The van der Waals surface area contributed by atoms with Crippen LogP contribution in [0.15, 0.2) is 47.0 Å². The maximum absolute atomic E-state index is 13.2. The Bertz CT molecular complexity index is 1320. The number of nitrogens with one attached hydrogen (secondary N) is 2.